The number of hydrogen-bond acceptors (Lipinski definition) is 6. The van der Waals surface area contributed by atoms with E-state index in [2.05, 4.69) is 26.8 Å². The molecule has 1 aliphatic rings. The zero-order chi connectivity index (χ0) is 21.1. The molecule has 0 aliphatic heterocycles. The van der Waals surface area contributed by atoms with Gasteiger partial charge in [-0.05, 0) is 18.4 Å². The van der Waals surface area contributed by atoms with Crippen LogP contribution >= 0.6 is 0 Å². The molecule has 0 spiro atoms. The van der Waals surface area contributed by atoms with Gasteiger partial charge in [-0.25, -0.2) is 5.43 Å². The van der Waals surface area contributed by atoms with Crippen molar-refractivity contribution >= 4 is 12.1 Å². The molecular weight excluding hydrogens is 384 g/mol. The van der Waals surface area contributed by atoms with Crippen LogP contribution in [0.25, 0.3) is 11.3 Å². The molecule has 0 radical (unpaired) electrons. The highest BCUT2D eigenvalue weighted by Gasteiger charge is 2.24. The lowest BCUT2D eigenvalue weighted by Crippen LogP contribution is -2.20. The third-order valence-corrected chi connectivity index (χ3v) is 5.12. The minimum atomic E-state index is -0.356. The summed E-state index contributed by atoms with van der Waals surface area (Å²) >= 11 is 0. The summed E-state index contributed by atoms with van der Waals surface area (Å²) in [5.41, 5.74) is 7.59. The quantitative estimate of drug-likeness (QED) is 0.485. The fourth-order valence-electron chi connectivity index (χ4n) is 3.62. The van der Waals surface area contributed by atoms with Crippen LogP contribution in [-0.4, -0.2) is 43.6 Å². The number of H-pyrrole nitrogens is 1. The van der Waals surface area contributed by atoms with Gasteiger partial charge in [0, 0.05) is 23.3 Å². The number of carbonyl (C=O) groups is 1. The van der Waals surface area contributed by atoms with Gasteiger partial charge in [-0.3, -0.25) is 9.89 Å². The van der Waals surface area contributed by atoms with Gasteiger partial charge in [0.05, 0.1) is 38.8 Å². The molecule has 0 saturated carbocycles. The average Bonchev–Trinajstić information content (AvgIpc) is 3.23. The van der Waals surface area contributed by atoms with Gasteiger partial charge in [-0.2, -0.15) is 10.2 Å². The molecule has 1 heterocycles. The first-order valence-electron chi connectivity index (χ1n) is 9.45. The molecule has 0 saturated heterocycles. The molecule has 30 heavy (non-hydrogen) atoms. The van der Waals surface area contributed by atoms with E-state index < -0.39 is 0 Å². The number of nitrogens with one attached hydrogen (secondary N) is 2. The van der Waals surface area contributed by atoms with Gasteiger partial charge in [0.2, 0.25) is 0 Å². The zero-order valence-electron chi connectivity index (χ0n) is 17.0. The van der Waals surface area contributed by atoms with E-state index >= 15 is 0 Å². The summed E-state index contributed by atoms with van der Waals surface area (Å²) in [6.45, 7) is 0. The van der Waals surface area contributed by atoms with Crippen molar-refractivity contribution in [3.63, 3.8) is 0 Å². The second-order valence-corrected chi connectivity index (χ2v) is 6.73. The molecule has 0 fully saturated rings. The van der Waals surface area contributed by atoms with E-state index in [1.54, 1.807) is 33.5 Å². The van der Waals surface area contributed by atoms with Crippen molar-refractivity contribution in [3.8, 4) is 28.5 Å². The maximum Gasteiger partial charge on any atom is 0.289 e. The van der Waals surface area contributed by atoms with E-state index in [1.807, 2.05) is 18.2 Å². The number of hydrazone groups is 1. The average molecular weight is 406 g/mol. The number of carbonyl (C=O) groups excluding carboxylic acids is 1. The molecular formula is C22H22N4O4. The van der Waals surface area contributed by atoms with Crippen LogP contribution in [-0.2, 0) is 12.8 Å². The Kier molecular flexibility index (Phi) is 5.38. The number of amides is 1. The number of aromatic amines is 1. The number of rotatable bonds is 6. The van der Waals surface area contributed by atoms with Crippen LogP contribution in [0.2, 0.25) is 0 Å². The minimum Gasteiger partial charge on any atom is -0.496 e. The van der Waals surface area contributed by atoms with Crippen molar-refractivity contribution in [3.05, 3.63) is 58.8 Å². The number of ether oxygens (including phenoxy) is 3. The number of methoxy groups -OCH3 is 3. The van der Waals surface area contributed by atoms with E-state index in [4.69, 9.17) is 14.2 Å². The molecule has 8 heteroatoms. The van der Waals surface area contributed by atoms with Crippen LogP contribution in [0.4, 0.5) is 0 Å². The monoisotopic (exact) mass is 406 g/mol. The van der Waals surface area contributed by atoms with Gasteiger partial charge in [0.1, 0.15) is 22.9 Å². The van der Waals surface area contributed by atoms with Crippen molar-refractivity contribution in [2.45, 2.75) is 12.8 Å². The number of benzene rings is 2. The first-order chi connectivity index (χ1) is 14.7. The van der Waals surface area contributed by atoms with Crippen LogP contribution < -0.4 is 19.6 Å². The van der Waals surface area contributed by atoms with E-state index in [0.29, 0.717) is 28.5 Å². The van der Waals surface area contributed by atoms with Crippen LogP contribution in [0, 0.1) is 0 Å². The second kappa shape index (κ2) is 8.28. The zero-order valence-corrected chi connectivity index (χ0v) is 17.0. The Morgan fingerprint density at radius 1 is 1.10 bits per heavy atom. The third-order valence-electron chi connectivity index (χ3n) is 5.12. The Labute approximate surface area is 173 Å². The predicted molar refractivity (Wildman–Crippen MR) is 113 cm³/mol. The van der Waals surface area contributed by atoms with Crippen molar-refractivity contribution < 1.29 is 19.0 Å². The Hall–Kier alpha value is -3.81. The van der Waals surface area contributed by atoms with Gasteiger partial charge in [-0.1, -0.05) is 24.3 Å². The summed E-state index contributed by atoms with van der Waals surface area (Å²) < 4.78 is 16.0. The number of hydrogen-bond donors (Lipinski definition) is 2. The van der Waals surface area contributed by atoms with E-state index in [1.165, 1.54) is 11.8 Å². The highest BCUT2D eigenvalue weighted by Crippen LogP contribution is 2.34. The molecule has 3 aromatic rings. The summed E-state index contributed by atoms with van der Waals surface area (Å²) in [7, 11) is 4.64. The summed E-state index contributed by atoms with van der Waals surface area (Å²) in [5, 5.41) is 11.3. The lowest BCUT2D eigenvalue weighted by Gasteiger charge is -2.15. The lowest BCUT2D eigenvalue weighted by atomic mass is 9.89. The maximum atomic E-state index is 12.7. The van der Waals surface area contributed by atoms with Gasteiger partial charge >= 0.3 is 0 Å². The molecule has 154 valence electrons. The lowest BCUT2D eigenvalue weighted by molar-refractivity contribution is 0.0949. The highest BCUT2D eigenvalue weighted by atomic mass is 16.5. The van der Waals surface area contributed by atoms with Crippen LogP contribution in [0.15, 0.2) is 41.5 Å². The van der Waals surface area contributed by atoms with Crippen molar-refractivity contribution in [2.24, 2.45) is 5.10 Å². The van der Waals surface area contributed by atoms with Crippen molar-refractivity contribution in [1.29, 1.82) is 0 Å². The molecule has 1 aromatic heterocycles. The minimum absolute atomic E-state index is 0.356. The SMILES string of the molecule is COc1cc(OC)c(/C=N\NC(=O)c2[nH]nc3c2CCc2ccccc2-3)c(OC)c1. The van der Waals surface area contributed by atoms with E-state index in [0.717, 1.165) is 29.7 Å². The number of fused-ring (bicyclic) bond motifs is 3. The molecule has 8 nitrogen and oxygen atoms in total. The topological polar surface area (TPSA) is 97.8 Å². The fourth-order valence-corrected chi connectivity index (χ4v) is 3.62. The van der Waals surface area contributed by atoms with Crippen molar-refractivity contribution in [2.75, 3.05) is 21.3 Å². The second-order valence-electron chi connectivity index (χ2n) is 6.73. The van der Waals surface area contributed by atoms with Crippen molar-refractivity contribution in [1.82, 2.24) is 15.6 Å². The molecule has 0 atom stereocenters. The van der Waals surface area contributed by atoms with E-state index in [-0.39, 0.29) is 5.91 Å². The summed E-state index contributed by atoms with van der Waals surface area (Å²) in [6, 6.07) is 11.5. The smallest absolute Gasteiger partial charge is 0.289 e. The largest absolute Gasteiger partial charge is 0.496 e. The van der Waals surface area contributed by atoms with Gasteiger partial charge in [-0.15, -0.1) is 0 Å². The predicted octanol–water partition coefficient (Wildman–Crippen LogP) is 2.97. The highest BCUT2D eigenvalue weighted by molar-refractivity contribution is 5.97. The first kappa shape index (κ1) is 19.5. The van der Waals surface area contributed by atoms with Crippen LogP contribution in [0.1, 0.15) is 27.2 Å². The van der Waals surface area contributed by atoms with Crippen LogP contribution in [0.5, 0.6) is 17.2 Å². The Morgan fingerprint density at radius 2 is 1.83 bits per heavy atom. The molecule has 2 N–H and O–H groups in total. The summed E-state index contributed by atoms with van der Waals surface area (Å²) in [5.74, 6) is 1.26. The number of aryl methyl sites for hydroxylation is 1. The third kappa shape index (κ3) is 3.47. The molecule has 0 bridgehead atoms. The standard InChI is InChI=1S/C22H22N4O4/c1-28-14-10-18(29-2)17(19(11-14)30-3)12-23-26-22(27)21-16-9-8-13-6-4-5-7-15(13)20(16)24-25-21/h4-7,10-12H,8-9H2,1-3H3,(H,24,25)(H,26,27)/b23-12-. The summed E-state index contributed by atoms with van der Waals surface area (Å²) in [4.78, 5) is 12.7. The number of aromatic nitrogens is 2. The summed E-state index contributed by atoms with van der Waals surface area (Å²) in [6.07, 6.45) is 3.09. The Morgan fingerprint density at radius 3 is 2.53 bits per heavy atom. The number of nitrogens with zero attached hydrogens (tertiary/aromatic N) is 2. The first-order valence-corrected chi connectivity index (χ1v) is 9.45. The Balaban J connectivity index is 1.56. The fraction of sp³-hybridized carbons (Fsp3) is 0.227. The molecule has 1 amide bonds. The normalized spacial score (nSPS) is 12.2. The molecule has 2 aromatic carbocycles. The maximum absolute atomic E-state index is 12.7. The van der Waals surface area contributed by atoms with Gasteiger partial charge in [0.25, 0.3) is 5.91 Å². The molecule has 4 rings (SSSR count). The molecule has 1 aliphatic carbocycles. The molecule has 0 unspecified atom stereocenters. The van der Waals surface area contributed by atoms with Gasteiger partial charge < -0.3 is 14.2 Å². The van der Waals surface area contributed by atoms with Crippen LogP contribution in [0.3, 0.4) is 0 Å². The Bertz CT molecular complexity index is 1100. The van der Waals surface area contributed by atoms with Gasteiger partial charge in [0.15, 0.2) is 0 Å². The van der Waals surface area contributed by atoms with E-state index in [9.17, 15) is 4.79 Å².